The van der Waals surface area contributed by atoms with Crippen molar-refractivity contribution in [3.63, 3.8) is 0 Å². The van der Waals surface area contributed by atoms with Crippen molar-refractivity contribution in [2.75, 3.05) is 10.6 Å². The van der Waals surface area contributed by atoms with E-state index in [4.69, 9.17) is 4.74 Å². The van der Waals surface area contributed by atoms with Gasteiger partial charge < -0.3 is 15.4 Å². The van der Waals surface area contributed by atoms with Gasteiger partial charge in [0.2, 0.25) is 5.91 Å². The van der Waals surface area contributed by atoms with Gasteiger partial charge in [-0.1, -0.05) is 28.1 Å². The molecule has 2 aromatic carbocycles. The molecule has 0 fully saturated rings. The number of hydrogen-bond donors (Lipinski definition) is 2. The first-order chi connectivity index (χ1) is 14.0. The number of aromatic nitrogens is 2. The molecule has 8 heteroatoms. The second-order valence-corrected chi connectivity index (χ2v) is 7.68. The normalized spacial score (nSPS) is 15.4. The Morgan fingerprint density at radius 1 is 1.07 bits per heavy atom. The molecule has 0 spiro atoms. The van der Waals surface area contributed by atoms with E-state index in [-0.39, 0.29) is 17.9 Å². The van der Waals surface area contributed by atoms with Crippen LogP contribution in [0.15, 0.2) is 59.1 Å². The van der Waals surface area contributed by atoms with E-state index in [2.05, 4.69) is 31.7 Å². The average molecular weight is 455 g/mol. The number of amides is 2. The summed E-state index contributed by atoms with van der Waals surface area (Å²) >= 11 is 3.43. The Morgan fingerprint density at radius 3 is 2.38 bits per heavy atom. The molecule has 1 aliphatic heterocycles. The fraction of sp³-hybridized carbons (Fsp3) is 0.190. The monoisotopic (exact) mass is 454 g/mol. The molecule has 0 saturated heterocycles. The third-order valence-electron chi connectivity index (χ3n) is 4.57. The maximum atomic E-state index is 12.6. The molecule has 1 atom stereocenters. The van der Waals surface area contributed by atoms with E-state index < -0.39 is 0 Å². The number of nitrogens with one attached hydrogen (secondary N) is 2. The summed E-state index contributed by atoms with van der Waals surface area (Å²) in [7, 11) is 0. The van der Waals surface area contributed by atoms with Crippen molar-refractivity contribution >= 4 is 39.1 Å². The molecule has 148 valence electrons. The fourth-order valence-corrected chi connectivity index (χ4v) is 3.42. The van der Waals surface area contributed by atoms with Crippen molar-refractivity contribution in [2.24, 2.45) is 0 Å². The molecular weight excluding hydrogens is 436 g/mol. The zero-order valence-electron chi connectivity index (χ0n) is 15.7. The first-order valence-electron chi connectivity index (χ1n) is 9.11. The number of nitrogens with zero attached hydrogens (tertiary/aromatic N) is 2. The van der Waals surface area contributed by atoms with Gasteiger partial charge in [-0.05, 0) is 48.0 Å². The van der Waals surface area contributed by atoms with Crippen molar-refractivity contribution in [3.05, 3.63) is 76.0 Å². The molecule has 0 saturated carbocycles. The summed E-state index contributed by atoms with van der Waals surface area (Å²) in [5, 5.41) is 9.97. The largest absolute Gasteiger partial charge is 0.365 e. The molecule has 2 amide bonds. The van der Waals surface area contributed by atoms with Gasteiger partial charge in [0.15, 0.2) is 5.69 Å². The third-order valence-corrected chi connectivity index (χ3v) is 5.10. The number of rotatable bonds is 4. The summed E-state index contributed by atoms with van der Waals surface area (Å²) in [6.07, 6.45) is -0.104. The van der Waals surface area contributed by atoms with Gasteiger partial charge >= 0.3 is 0 Å². The summed E-state index contributed by atoms with van der Waals surface area (Å²) in [6, 6.07) is 16.7. The quantitative estimate of drug-likeness (QED) is 0.620. The zero-order chi connectivity index (χ0) is 20.4. The van der Waals surface area contributed by atoms with Crippen molar-refractivity contribution in [2.45, 2.75) is 26.2 Å². The molecule has 7 nitrogen and oxygen atoms in total. The van der Waals surface area contributed by atoms with Crippen LogP contribution in [0.5, 0.6) is 0 Å². The second-order valence-electron chi connectivity index (χ2n) is 6.77. The van der Waals surface area contributed by atoms with Crippen molar-refractivity contribution in [3.8, 4) is 0 Å². The van der Waals surface area contributed by atoms with E-state index in [9.17, 15) is 9.59 Å². The van der Waals surface area contributed by atoms with Crippen LogP contribution in [0.25, 0.3) is 0 Å². The van der Waals surface area contributed by atoms with E-state index in [0.29, 0.717) is 30.2 Å². The van der Waals surface area contributed by atoms with Crippen LogP contribution < -0.4 is 10.6 Å². The van der Waals surface area contributed by atoms with Gasteiger partial charge in [0, 0.05) is 22.8 Å². The highest BCUT2D eigenvalue weighted by Gasteiger charge is 2.24. The first-order valence-corrected chi connectivity index (χ1v) is 9.90. The van der Waals surface area contributed by atoms with Crippen LogP contribution in [0.1, 0.15) is 34.8 Å². The smallest absolute Gasteiger partial charge is 0.276 e. The Morgan fingerprint density at radius 2 is 1.72 bits per heavy atom. The third kappa shape index (κ3) is 4.55. The molecule has 1 unspecified atom stereocenters. The fourth-order valence-electron chi connectivity index (χ4n) is 3.15. The summed E-state index contributed by atoms with van der Waals surface area (Å²) < 4.78 is 8.78. The zero-order valence-corrected chi connectivity index (χ0v) is 17.3. The molecular formula is C21H19BrN4O3. The Balaban J connectivity index is 1.43. The highest BCUT2D eigenvalue weighted by Crippen LogP contribution is 2.27. The minimum atomic E-state index is -0.292. The summed E-state index contributed by atoms with van der Waals surface area (Å²) in [4.78, 5) is 23.7. The van der Waals surface area contributed by atoms with Gasteiger partial charge in [-0.25, -0.2) is 0 Å². The van der Waals surface area contributed by atoms with Gasteiger partial charge in [0.05, 0.1) is 18.8 Å². The molecule has 4 rings (SSSR count). The van der Waals surface area contributed by atoms with Crippen LogP contribution in [-0.2, 0) is 22.7 Å². The van der Waals surface area contributed by atoms with Crippen LogP contribution in [0.2, 0.25) is 0 Å². The lowest BCUT2D eigenvalue weighted by Gasteiger charge is -2.24. The predicted octanol–water partition coefficient (Wildman–Crippen LogP) is 4.13. The molecule has 2 N–H and O–H groups in total. The molecule has 0 aliphatic carbocycles. The lowest BCUT2D eigenvalue weighted by atomic mass is 10.1. The highest BCUT2D eigenvalue weighted by atomic mass is 79.9. The second kappa shape index (κ2) is 8.18. The summed E-state index contributed by atoms with van der Waals surface area (Å²) in [5.74, 6) is -0.437. The van der Waals surface area contributed by atoms with Crippen LogP contribution in [0, 0.1) is 0 Å². The van der Waals surface area contributed by atoms with E-state index >= 15 is 0 Å². The van der Waals surface area contributed by atoms with Crippen LogP contribution in [0.4, 0.5) is 11.4 Å². The number of hydrogen-bond acceptors (Lipinski definition) is 4. The predicted molar refractivity (Wildman–Crippen MR) is 113 cm³/mol. The number of benzene rings is 2. The van der Waals surface area contributed by atoms with E-state index in [1.807, 2.05) is 28.9 Å². The number of ether oxygens (including phenoxy) is 1. The van der Waals surface area contributed by atoms with E-state index in [0.717, 1.165) is 15.7 Å². The minimum absolute atomic E-state index is 0.104. The molecule has 29 heavy (non-hydrogen) atoms. The maximum Gasteiger partial charge on any atom is 0.276 e. The van der Waals surface area contributed by atoms with Crippen LogP contribution in [-0.4, -0.2) is 21.6 Å². The Hall–Kier alpha value is -2.97. The van der Waals surface area contributed by atoms with E-state index in [1.165, 1.54) is 6.92 Å². The number of halogens is 1. The lowest BCUT2D eigenvalue weighted by Crippen LogP contribution is -2.22. The minimum Gasteiger partial charge on any atom is -0.365 e. The Bertz CT molecular complexity index is 1040. The number of carbonyl (C=O) groups excluding carboxylic acids is 2. The topological polar surface area (TPSA) is 85.3 Å². The summed E-state index contributed by atoms with van der Waals surface area (Å²) in [6.45, 7) is 2.39. The van der Waals surface area contributed by atoms with Gasteiger partial charge in [0.1, 0.15) is 6.10 Å². The summed E-state index contributed by atoms with van der Waals surface area (Å²) in [5.41, 5.74) is 3.57. The van der Waals surface area contributed by atoms with Crippen molar-refractivity contribution in [1.82, 2.24) is 9.78 Å². The lowest BCUT2D eigenvalue weighted by molar-refractivity contribution is -0.114. The average Bonchev–Trinajstić information content (AvgIpc) is 3.13. The van der Waals surface area contributed by atoms with Crippen LogP contribution >= 0.6 is 15.9 Å². The molecule has 0 bridgehead atoms. The van der Waals surface area contributed by atoms with Gasteiger partial charge in [0.25, 0.3) is 5.91 Å². The molecule has 3 aromatic rings. The van der Waals surface area contributed by atoms with Gasteiger partial charge in [-0.2, -0.15) is 5.10 Å². The van der Waals surface area contributed by atoms with Gasteiger partial charge in [-0.3, -0.25) is 14.3 Å². The van der Waals surface area contributed by atoms with Gasteiger partial charge in [-0.15, -0.1) is 0 Å². The molecule has 1 aliphatic rings. The Kier molecular flexibility index (Phi) is 5.46. The highest BCUT2D eigenvalue weighted by molar-refractivity contribution is 9.10. The van der Waals surface area contributed by atoms with Crippen molar-refractivity contribution < 1.29 is 14.3 Å². The molecule has 0 radical (unpaired) electrons. The number of anilines is 2. The number of fused-ring (bicyclic) bond motifs is 1. The number of carbonyl (C=O) groups is 2. The SMILES string of the molecule is CC(=O)Nc1ccc(NC(=O)c2cc3n(n2)CC(c2ccc(Br)cc2)OC3)cc1. The first kappa shape index (κ1) is 19.4. The van der Waals surface area contributed by atoms with E-state index in [1.54, 1.807) is 30.3 Å². The standard InChI is InChI=1S/C21H19BrN4O3/c1-13(27)23-16-6-8-17(9-7-16)24-21(28)19-10-18-12-29-20(11-26(18)25-19)14-2-4-15(22)5-3-14/h2-10,20H,11-12H2,1H3,(H,23,27)(H,24,28). The Labute approximate surface area is 176 Å². The maximum absolute atomic E-state index is 12.6. The van der Waals surface area contributed by atoms with Crippen molar-refractivity contribution in [1.29, 1.82) is 0 Å². The molecule has 2 heterocycles. The molecule has 1 aromatic heterocycles. The van der Waals surface area contributed by atoms with Crippen LogP contribution in [0.3, 0.4) is 0 Å².